The van der Waals surface area contributed by atoms with Crippen molar-refractivity contribution in [2.75, 3.05) is 39.9 Å². The number of carbonyl (C=O) groups excluding carboxylic acids is 1. The summed E-state index contributed by atoms with van der Waals surface area (Å²) in [6, 6.07) is 6.58. The maximum atomic E-state index is 13.7. The molecular weight excluding hydrogens is 283 g/mol. The Bertz CT molecular complexity index is 489. The van der Waals surface area contributed by atoms with E-state index >= 15 is 0 Å². The predicted octanol–water partition coefficient (Wildman–Crippen LogP) is 2.14. The van der Waals surface area contributed by atoms with E-state index < -0.39 is 0 Å². The smallest absolute Gasteiger partial charge is 0.236 e. The summed E-state index contributed by atoms with van der Waals surface area (Å²) in [5, 5.41) is 0. The first-order valence-corrected chi connectivity index (χ1v) is 7.87. The number of carbonyl (C=O) groups is 1. The molecule has 0 radical (unpaired) electrons. The summed E-state index contributed by atoms with van der Waals surface area (Å²) >= 11 is 0. The Balaban J connectivity index is 1.85. The number of ether oxygens (including phenoxy) is 1. The molecule has 0 N–H and O–H groups in total. The zero-order chi connectivity index (χ0) is 15.9. The largest absolute Gasteiger partial charge is 0.381 e. The number of benzene rings is 1. The van der Waals surface area contributed by atoms with Crippen molar-refractivity contribution in [3.63, 3.8) is 0 Å². The second-order valence-electron chi connectivity index (χ2n) is 5.90. The summed E-state index contributed by atoms with van der Waals surface area (Å²) < 4.78 is 19.0. The molecule has 1 aliphatic rings. The maximum Gasteiger partial charge on any atom is 0.236 e. The lowest BCUT2D eigenvalue weighted by Crippen LogP contribution is -2.40. The maximum absolute atomic E-state index is 13.7. The van der Waals surface area contributed by atoms with E-state index in [0.29, 0.717) is 24.6 Å². The van der Waals surface area contributed by atoms with Crippen molar-refractivity contribution in [1.82, 2.24) is 9.80 Å². The van der Waals surface area contributed by atoms with Gasteiger partial charge < -0.3 is 9.64 Å². The highest BCUT2D eigenvalue weighted by Gasteiger charge is 2.21. The van der Waals surface area contributed by atoms with Crippen molar-refractivity contribution >= 4 is 5.91 Å². The third-order valence-electron chi connectivity index (χ3n) is 4.14. The number of likely N-dealkylation sites (N-methyl/N-ethyl adjacent to an activating group) is 2. The van der Waals surface area contributed by atoms with Crippen LogP contribution < -0.4 is 0 Å². The molecule has 1 aromatic rings. The van der Waals surface area contributed by atoms with E-state index in [1.165, 1.54) is 6.07 Å². The summed E-state index contributed by atoms with van der Waals surface area (Å²) in [6.07, 6.45) is 1.07. The molecule has 0 bridgehead atoms. The van der Waals surface area contributed by atoms with Crippen molar-refractivity contribution in [3.8, 4) is 0 Å². The molecule has 122 valence electrons. The van der Waals surface area contributed by atoms with Gasteiger partial charge in [-0.05, 0) is 24.9 Å². The predicted molar refractivity (Wildman–Crippen MR) is 83.9 cm³/mol. The lowest BCUT2D eigenvalue weighted by molar-refractivity contribution is -0.131. The monoisotopic (exact) mass is 308 g/mol. The zero-order valence-electron chi connectivity index (χ0n) is 13.4. The lowest BCUT2D eigenvalue weighted by Gasteiger charge is -2.26. The SMILES string of the molecule is CCN(CC(=O)N(C)Cc1ccccc1F)CC1CCOC1. The third kappa shape index (κ3) is 4.78. The van der Waals surface area contributed by atoms with Crippen LogP contribution in [0.5, 0.6) is 0 Å². The minimum Gasteiger partial charge on any atom is -0.381 e. The van der Waals surface area contributed by atoms with Crippen molar-refractivity contribution in [2.24, 2.45) is 5.92 Å². The van der Waals surface area contributed by atoms with Crippen molar-refractivity contribution in [3.05, 3.63) is 35.6 Å². The number of halogens is 1. The minimum atomic E-state index is -0.266. The van der Waals surface area contributed by atoms with Gasteiger partial charge in [0.2, 0.25) is 5.91 Å². The number of amides is 1. The first-order valence-electron chi connectivity index (χ1n) is 7.87. The molecule has 0 aliphatic carbocycles. The van der Waals surface area contributed by atoms with Crippen LogP contribution in [0.2, 0.25) is 0 Å². The first kappa shape index (κ1) is 16.9. The molecule has 1 saturated heterocycles. The van der Waals surface area contributed by atoms with Gasteiger partial charge in [-0.2, -0.15) is 0 Å². The van der Waals surface area contributed by atoms with Crippen LogP contribution in [0.3, 0.4) is 0 Å². The summed E-state index contributed by atoms with van der Waals surface area (Å²) in [6.45, 7) is 6.05. The highest BCUT2D eigenvalue weighted by atomic mass is 19.1. The van der Waals surface area contributed by atoms with Crippen molar-refractivity contribution in [1.29, 1.82) is 0 Å². The molecule has 0 aromatic heterocycles. The molecule has 0 spiro atoms. The van der Waals surface area contributed by atoms with Crippen LogP contribution in [0.15, 0.2) is 24.3 Å². The van der Waals surface area contributed by atoms with Crippen LogP contribution in [-0.2, 0) is 16.1 Å². The van der Waals surface area contributed by atoms with Gasteiger partial charge in [-0.15, -0.1) is 0 Å². The fourth-order valence-electron chi connectivity index (χ4n) is 2.68. The Kier molecular flexibility index (Phi) is 6.34. The molecule has 0 saturated carbocycles. The van der Waals surface area contributed by atoms with Crippen LogP contribution in [0.1, 0.15) is 18.9 Å². The van der Waals surface area contributed by atoms with Crippen LogP contribution in [0.25, 0.3) is 0 Å². The van der Waals surface area contributed by atoms with E-state index in [2.05, 4.69) is 11.8 Å². The van der Waals surface area contributed by atoms with E-state index in [4.69, 9.17) is 4.74 Å². The number of rotatable bonds is 7. The molecule has 1 unspecified atom stereocenters. The average molecular weight is 308 g/mol. The molecule has 1 amide bonds. The standard InChI is InChI=1S/C17H25FN2O2/c1-3-20(10-14-8-9-22-13-14)12-17(21)19(2)11-15-6-4-5-7-16(15)18/h4-7,14H,3,8-13H2,1-2H3. The topological polar surface area (TPSA) is 32.8 Å². The summed E-state index contributed by atoms with van der Waals surface area (Å²) in [5.41, 5.74) is 0.547. The molecule has 2 rings (SSSR count). The molecule has 1 aromatic carbocycles. The van der Waals surface area contributed by atoms with Crippen molar-refractivity contribution < 1.29 is 13.9 Å². The first-order chi connectivity index (χ1) is 10.6. The quantitative estimate of drug-likeness (QED) is 0.774. The van der Waals surface area contributed by atoms with Gasteiger partial charge in [0.25, 0.3) is 0 Å². The third-order valence-corrected chi connectivity index (χ3v) is 4.14. The van der Waals surface area contributed by atoms with Gasteiger partial charge in [0.1, 0.15) is 5.82 Å². The van der Waals surface area contributed by atoms with Gasteiger partial charge in [-0.1, -0.05) is 25.1 Å². The molecule has 1 fully saturated rings. The molecule has 1 atom stereocenters. The molecule has 1 aliphatic heterocycles. The van der Waals surface area contributed by atoms with Gasteiger partial charge in [0.05, 0.1) is 13.2 Å². The van der Waals surface area contributed by atoms with Gasteiger partial charge in [-0.25, -0.2) is 4.39 Å². The second kappa shape index (κ2) is 8.25. The summed E-state index contributed by atoms with van der Waals surface area (Å²) in [4.78, 5) is 16.1. The van der Waals surface area contributed by atoms with E-state index in [9.17, 15) is 9.18 Å². The van der Waals surface area contributed by atoms with Gasteiger partial charge in [0, 0.05) is 32.3 Å². The Morgan fingerprint density at radius 3 is 2.82 bits per heavy atom. The Morgan fingerprint density at radius 2 is 2.18 bits per heavy atom. The fraction of sp³-hybridized carbons (Fsp3) is 0.588. The number of hydrogen-bond acceptors (Lipinski definition) is 3. The number of nitrogens with zero attached hydrogens (tertiary/aromatic N) is 2. The van der Waals surface area contributed by atoms with E-state index in [0.717, 1.165) is 32.7 Å². The highest BCUT2D eigenvalue weighted by Crippen LogP contribution is 2.14. The Morgan fingerprint density at radius 1 is 1.41 bits per heavy atom. The van der Waals surface area contributed by atoms with E-state index in [1.807, 2.05) is 0 Å². The molecule has 1 heterocycles. The molecule has 4 nitrogen and oxygen atoms in total. The highest BCUT2D eigenvalue weighted by molar-refractivity contribution is 5.78. The minimum absolute atomic E-state index is 0.0176. The van der Waals surface area contributed by atoms with Crippen LogP contribution >= 0.6 is 0 Å². The summed E-state index contributed by atoms with van der Waals surface area (Å²) in [7, 11) is 1.72. The van der Waals surface area contributed by atoms with Gasteiger partial charge in [-0.3, -0.25) is 9.69 Å². The molecular formula is C17H25FN2O2. The van der Waals surface area contributed by atoms with E-state index in [1.54, 1.807) is 30.1 Å². The lowest BCUT2D eigenvalue weighted by atomic mass is 10.1. The Labute approximate surface area is 131 Å². The van der Waals surface area contributed by atoms with Crippen LogP contribution in [0.4, 0.5) is 4.39 Å². The average Bonchev–Trinajstić information content (AvgIpc) is 3.01. The molecule has 5 heteroatoms. The Hall–Kier alpha value is -1.46. The zero-order valence-corrected chi connectivity index (χ0v) is 13.4. The van der Waals surface area contributed by atoms with Gasteiger partial charge in [0.15, 0.2) is 0 Å². The summed E-state index contributed by atoms with van der Waals surface area (Å²) in [5.74, 6) is 0.270. The second-order valence-corrected chi connectivity index (χ2v) is 5.90. The fourth-order valence-corrected chi connectivity index (χ4v) is 2.68. The van der Waals surface area contributed by atoms with E-state index in [-0.39, 0.29) is 11.7 Å². The normalized spacial score (nSPS) is 17.9. The van der Waals surface area contributed by atoms with Crippen LogP contribution in [-0.4, -0.2) is 55.6 Å². The van der Waals surface area contributed by atoms with Gasteiger partial charge >= 0.3 is 0 Å². The van der Waals surface area contributed by atoms with Crippen molar-refractivity contribution in [2.45, 2.75) is 19.9 Å². The molecule has 22 heavy (non-hydrogen) atoms. The van der Waals surface area contributed by atoms with Crippen LogP contribution in [0, 0.1) is 11.7 Å². The number of hydrogen-bond donors (Lipinski definition) is 0.